The van der Waals surface area contributed by atoms with Gasteiger partial charge in [-0.05, 0) is 43.7 Å². The Morgan fingerprint density at radius 3 is 2.55 bits per heavy atom. The van der Waals surface area contributed by atoms with E-state index in [1.807, 2.05) is 42.7 Å². The van der Waals surface area contributed by atoms with Crippen LogP contribution >= 0.6 is 0 Å². The molecule has 8 heteroatoms. The lowest BCUT2D eigenvalue weighted by atomic mass is 10.2. The molecule has 0 spiro atoms. The summed E-state index contributed by atoms with van der Waals surface area (Å²) in [5, 5.41) is 2.93. The smallest absolute Gasteiger partial charge is 0.242 e. The van der Waals surface area contributed by atoms with E-state index in [0.29, 0.717) is 24.9 Å². The first-order valence-electron chi connectivity index (χ1n) is 9.51. The predicted molar refractivity (Wildman–Crippen MR) is 114 cm³/mol. The highest BCUT2D eigenvalue weighted by Crippen LogP contribution is 2.23. The molecule has 0 fully saturated rings. The third-order valence-electron chi connectivity index (χ3n) is 4.89. The van der Waals surface area contributed by atoms with Gasteiger partial charge in [0.1, 0.15) is 5.82 Å². The number of para-hydroxylation sites is 1. The normalized spacial score (nSPS) is 11.9. The maximum atomic E-state index is 12.4. The molecular formula is C21H26N4O3S. The number of imidazole rings is 1. The molecule has 0 aliphatic heterocycles. The number of hydrogen-bond acceptors (Lipinski definition) is 4. The minimum Gasteiger partial charge on any atom is -0.328 e. The van der Waals surface area contributed by atoms with Crippen LogP contribution in [0.2, 0.25) is 0 Å². The molecular weight excluding hydrogens is 388 g/mol. The van der Waals surface area contributed by atoms with Gasteiger partial charge in [0.2, 0.25) is 15.9 Å². The molecule has 0 radical (unpaired) electrons. The SMILES string of the molecule is CCn1c(CCC(=O)Nc2ccccc2C)nc2cc(S(=O)(=O)N(C)C)ccc21. The Balaban J connectivity index is 1.82. The number of aryl methyl sites for hydroxylation is 3. The summed E-state index contributed by atoms with van der Waals surface area (Å²) in [7, 11) is -0.518. The Kier molecular flexibility index (Phi) is 6.04. The van der Waals surface area contributed by atoms with Crippen molar-refractivity contribution in [2.45, 2.75) is 38.1 Å². The highest BCUT2D eigenvalue weighted by Gasteiger charge is 2.19. The van der Waals surface area contributed by atoms with Crippen LogP contribution in [-0.2, 0) is 27.8 Å². The van der Waals surface area contributed by atoms with Gasteiger partial charge in [-0.2, -0.15) is 0 Å². The molecule has 0 aliphatic carbocycles. The van der Waals surface area contributed by atoms with Crippen molar-refractivity contribution in [2.75, 3.05) is 19.4 Å². The van der Waals surface area contributed by atoms with Gasteiger partial charge in [0.15, 0.2) is 0 Å². The predicted octanol–water partition coefficient (Wildman–Crippen LogP) is 3.19. The van der Waals surface area contributed by atoms with Gasteiger partial charge in [-0.15, -0.1) is 0 Å². The molecule has 1 amide bonds. The number of carbonyl (C=O) groups excluding carboxylic acids is 1. The average Bonchev–Trinajstić information content (AvgIpc) is 3.04. The fraction of sp³-hybridized carbons (Fsp3) is 0.333. The number of benzene rings is 2. The van der Waals surface area contributed by atoms with Crippen molar-refractivity contribution in [3.8, 4) is 0 Å². The number of hydrogen-bond donors (Lipinski definition) is 1. The van der Waals surface area contributed by atoms with E-state index >= 15 is 0 Å². The van der Waals surface area contributed by atoms with Crippen molar-refractivity contribution in [1.82, 2.24) is 13.9 Å². The van der Waals surface area contributed by atoms with Crippen LogP contribution in [0.1, 0.15) is 24.7 Å². The van der Waals surface area contributed by atoms with Gasteiger partial charge in [0.25, 0.3) is 0 Å². The molecule has 0 unspecified atom stereocenters. The third-order valence-corrected chi connectivity index (χ3v) is 6.70. The Morgan fingerprint density at radius 1 is 1.17 bits per heavy atom. The molecule has 0 atom stereocenters. The Morgan fingerprint density at radius 2 is 1.90 bits per heavy atom. The van der Waals surface area contributed by atoms with E-state index in [4.69, 9.17) is 0 Å². The lowest BCUT2D eigenvalue weighted by molar-refractivity contribution is -0.116. The summed E-state index contributed by atoms with van der Waals surface area (Å²) in [6.45, 7) is 4.64. The second kappa shape index (κ2) is 8.34. The van der Waals surface area contributed by atoms with E-state index in [0.717, 1.165) is 22.6 Å². The van der Waals surface area contributed by atoms with Gasteiger partial charge in [-0.25, -0.2) is 17.7 Å². The maximum absolute atomic E-state index is 12.4. The first-order chi connectivity index (χ1) is 13.7. The summed E-state index contributed by atoms with van der Waals surface area (Å²) in [5.41, 5.74) is 3.29. The molecule has 7 nitrogen and oxygen atoms in total. The lowest BCUT2D eigenvalue weighted by Crippen LogP contribution is -2.22. The van der Waals surface area contributed by atoms with E-state index in [1.165, 1.54) is 18.4 Å². The number of aromatic nitrogens is 2. The fourth-order valence-electron chi connectivity index (χ4n) is 3.23. The summed E-state index contributed by atoms with van der Waals surface area (Å²) in [6.07, 6.45) is 0.760. The van der Waals surface area contributed by atoms with E-state index < -0.39 is 10.0 Å². The molecule has 154 valence electrons. The molecule has 2 aromatic carbocycles. The summed E-state index contributed by atoms with van der Waals surface area (Å²) in [4.78, 5) is 17.2. The van der Waals surface area contributed by atoms with Crippen LogP contribution < -0.4 is 5.32 Å². The number of rotatable bonds is 7. The first-order valence-corrected chi connectivity index (χ1v) is 10.9. The van der Waals surface area contributed by atoms with Crippen LogP contribution in [0.3, 0.4) is 0 Å². The number of nitrogens with one attached hydrogen (secondary N) is 1. The Hall–Kier alpha value is -2.71. The van der Waals surface area contributed by atoms with Crippen LogP contribution in [0.25, 0.3) is 11.0 Å². The van der Waals surface area contributed by atoms with Gasteiger partial charge in [-0.3, -0.25) is 4.79 Å². The number of anilines is 1. The minimum absolute atomic E-state index is 0.0788. The van der Waals surface area contributed by atoms with Crippen molar-refractivity contribution >= 4 is 32.7 Å². The molecule has 1 N–H and O–H groups in total. The van der Waals surface area contributed by atoms with Crippen molar-refractivity contribution in [2.24, 2.45) is 0 Å². The van der Waals surface area contributed by atoms with Crippen LogP contribution in [-0.4, -0.2) is 42.3 Å². The molecule has 3 aromatic rings. The zero-order valence-electron chi connectivity index (χ0n) is 17.1. The standard InChI is InChI=1S/C21H26N4O3S/c1-5-25-19-11-10-16(29(27,28)24(3)4)14-18(19)22-20(25)12-13-21(26)23-17-9-7-6-8-15(17)2/h6-11,14H,5,12-13H2,1-4H3,(H,23,26). The topological polar surface area (TPSA) is 84.3 Å². The zero-order valence-corrected chi connectivity index (χ0v) is 18.0. The second-order valence-electron chi connectivity index (χ2n) is 7.07. The Labute approximate surface area is 171 Å². The van der Waals surface area contributed by atoms with Crippen molar-refractivity contribution < 1.29 is 13.2 Å². The number of carbonyl (C=O) groups is 1. The minimum atomic E-state index is -3.52. The van der Waals surface area contributed by atoms with Crippen molar-refractivity contribution in [1.29, 1.82) is 0 Å². The molecule has 0 aliphatic rings. The first kappa shape index (κ1) is 21.0. The van der Waals surface area contributed by atoms with Crippen LogP contribution in [0, 0.1) is 6.92 Å². The summed E-state index contributed by atoms with van der Waals surface area (Å²) < 4.78 is 28.0. The summed E-state index contributed by atoms with van der Waals surface area (Å²) in [5.74, 6) is 0.687. The second-order valence-corrected chi connectivity index (χ2v) is 9.23. The van der Waals surface area contributed by atoms with Gasteiger partial charge in [-0.1, -0.05) is 18.2 Å². The fourth-order valence-corrected chi connectivity index (χ4v) is 4.15. The van der Waals surface area contributed by atoms with Crippen molar-refractivity contribution in [3.63, 3.8) is 0 Å². The average molecular weight is 415 g/mol. The van der Waals surface area contributed by atoms with E-state index in [9.17, 15) is 13.2 Å². The molecule has 1 heterocycles. The van der Waals surface area contributed by atoms with Gasteiger partial charge in [0, 0.05) is 39.2 Å². The molecule has 3 rings (SSSR count). The van der Waals surface area contributed by atoms with Crippen LogP contribution in [0.4, 0.5) is 5.69 Å². The highest BCUT2D eigenvalue weighted by atomic mass is 32.2. The number of sulfonamides is 1. The molecule has 0 saturated carbocycles. The molecule has 29 heavy (non-hydrogen) atoms. The number of amides is 1. The largest absolute Gasteiger partial charge is 0.328 e. The van der Waals surface area contributed by atoms with E-state index in [2.05, 4.69) is 10.3 Å². The monoisotopic (exact) mass is 414 g/mol. The lowest BCUT2D eigenvalue weighted by Gasteiger charge is -2.11. The van der Waals surface area contributed by atoms with Crippen LogP contribution in [0.15, 0.2) is 47.4 Å². The van der Waals surface area contributed by atoms with Gasteiger partial charge in [0.05, 0.1) is 15.9 Å². The molecule has 0 saturated heterocycles. The van der Waals surface area contributed by atoms with E-state index in [-0.39, 0.29) is 10.8 Å². The maximum Gasteiger partial charge on any atom is 0.242 e. The highest BCUT2D eigenvalue weighted by molar-refractivity contribution is 7.89. The van der Waals surface area contributed by atoms with E-state index in [1.54, 1.807) is 18.2 Å². The summed E-state index contributed by atoms with van der Waals surface area (Å²) in [6, 6.07) is 12.6. The molecule has 1 aromatic heterocycles. The summed E-state index contributed by atoms with van der Waals surface area (Å²) >= 11 is 0. The quantitative estimate of drug-likeness (QED) is 0.643. The number of fused-ring (bicyclic) bond motifs is 1. The third kappa shape index (κ3) is 4.33. The van der Waals surface area contributed by atoms with Gasteiger partial charge < -0.3 is 9.88 Å². The van der Waals surface area contributed by atoms with Crippen LogP contribution in [0.5, 0.6) is 0 Å². The van der Waals surface area contributed by atoms with Gasteiger partial charge >= 0.3 is 0 Å². The molecule has 0 bridgehead atoms. The number of nitrogens with zero attached hydrogens (tertiary/aromatic N) is 3. The Bertz CT molecular complexity index is 1150. The zero-order chi connectivity index (χ0) is 21.2. The van der Waals surface area contributed by atoms with Crippen molar-refractivity contribution in [3.05, 3.63) is 53.9 Å².